The van der Waals surface area contributed by atoms with E-state index in [0.29, 0.717) is 5.41 Å². The lowest BCUT2D eigenvalue weighted by Crippen LogP contribution is -2.16. The molecule has 0 radical (unpaired) electrons. The van der Waals surface area contributed by atoms with Crippen LogP contribution in [0.3, 0.4) is 0 Å². The van der Waals surface area contributed by atoms with Gasteiger partial charge in [-0.15, -0.1) is 0 Å². The van der Waals surface area contributed by atoms with Crippen LogP contribution in [0.1, 0.15) is 61.3 Å². The minimum atomic E-state index is 0.510. The second-order valence-corrected chi connectivity index (χ2v) is 4.06. The van der Waals surface area contributed by atoms with Crippen LogP contribution in [-0.2, 0) is 0 Å². The van der Waals surface area contributed by atoms with Crippen LogP contribution in [0.15, 0.2) is 0 Å². The van der Waals surface area contributed by atoms with Gasteiger partial charge in [0.05, 0.1) is 0 Å². The van der Waals surface area contributed by atoms with Crippen molar-refractivity contribution in [1.82, 2.24) is 0 Å². The third-order valence-corrected chi connectivity index (χ3v) is 2.20. The van der Waals surface area contributed by atoms with Gasteiger partial charge in [-0.3, -0.25) is 0 Å². The maximum absolute atomic E-state index is 2.34. The first kappa shape index (κ1) is 13.6. The van der Waals surface area contributed by atoms with Crippen LogP contribution >= 0.6 is 0 Å². The quantitative estimate of drug-likeness (QED) is 0.555. The van der Waals surface area contributed by atoms with Crippen molar-refractivity contribution in [1.29, 1.82) is 0 Å². The lowest BCUT2D eigenvalue weighted by Gasteiger charge is -2.26. The molecule has 0 heterocycles. The maximum atomic E-state index is 2.34. The second kappa shape index (κ2) is 6.69. The van der Waals surface area contributed by atoms with Gasteiger partial charge in [-0.2, -0.15) is 0 Å². The highest BCUT2D eigenvalue weighted by molar-refractivity contribution is 4.68. The van der Waals surface area contributed by atoms with Crippen molar-refractivity contribution in [2.45, 2.75) is 61.3 Å². The largest absolute Gasteiger partial charge is 0.0683 e. The Morgan fingerprint density at radius 1 is 1.09 bits per heavy atom. The molecule has 0 aliphatic carbocycles. The van der Waals surface area contributed by atoms with Crippen molar-refractivity contribution in [2.75, 3.05) is 0 Å². The van der Waals surface area contributed by atoms with Gasteiger partial charge in [0, 0.05) is 0 Å². The molecule has 0 heteroatoms. The Kier molecular flexibility index (Phi) is 8.26. The summed E-state index contributed by atoms with van der Waals surface area (Å²) in [4.78, 5) is 0. The van der Waals surface area contributed by atoms with Crippen LogP contribution < -0.4 is 0 Å². The number of hydrogen-bond donors (Lipinski definition) is 0. The molecule has 0 saturated carbocycles. The summed E-state index contributed by atoms with van der Waals surface area (Å²) in [5.74, 6) is 0.863. The SMILES string of the molecule is CC.CCCC(C)C(C)(C)C. The summed E-state index contributed by atoms with van der Waals surface area (Å²) in [6, 6.07) is 0. The predicted octanol–water partition coefficient (Wildman–Crippen LogP) is 4.49. The normalized spacial score (nSPS) is 13.4. The molecular formula is C11H26. The average molecular weight is 158 g/mol. The van der Waals surface area contributed by atoms with Gasteiger partial charge < -0.3 is 0 Å². The van der Waals surface area contributed by atoms with Gasteiger partial charge in [0.1, 0.15) is 0 Å². The molecule has 1 unspecified atom stereocenters. The highest BCUT2D eigenvalue weighted by atomic mass is 14.2. The lowest BCUT2D eigenvalue weighted by atomic mass is 9.80. The third kappa shape index (κ3) is 7.90. The lowest BCUT2D eigenvalue weighted by molar-refractivity contribution is 0.245. The van der Waals surface area contributed by atoms with E-state index < -0.39 is 0 Å². The monoisotopic (exact) mass is 158 g/mol. The summed E-state index contributed by atoms with van der Waals surface area (Å²) in [7, 11) is 0. The Morgan fingerprint density at radius 3 is 1.55 bits per heavy atom. The van der Waals surface area contributed by atoms with Crippen molar-refractivity contribution in [2.24, 2.45) is 11.3 Å². The molecule has 0 fully saturated rings. The Balaban J connectivity index is 0. The molecule has 0 N–H and O–H groups in total. The van der Waals surface area contributed by atoms with E-state index in [1.165, 1.54) is 12.8 Å². The topological polar surface area (TPSA) is 0 Å². The van der Waals surface area contributed by atoms with Gasteiger partial charge in [-0.1, -0.05) is 61.3 Å². The van der Waals surface area contributed by atoms with Gasteiger partial charge >= 0.3 is 0 Å². The molecule has 0 amide bonds. The van der Waals surface area contributed by atoms with Crippen molar-refractivity contribution in [3.63, 3.8) is 0 Å². The van der Waals surface area contributed by atoms with E-state index in [2.05, 4.69) is 34.6 Å². The zero-order chi connectivity index (χ0) is 9.49. The van der Waals surface area contributed by atoms with E-state index in [-0.39, 0.29) is 0 Å². The Hall–Kier alpha value is 0. The van der Waals surface area contributed by atoms with E-state index in [4.69, 9.17) is 0 Å². The van der Waals surface area contributed by atoms with E-state index >= 15 is 0 Å². The maximum Gasteiger partial charge on any atom is -0.0357 e. The molecule has 0 saturated heterocycles. The van der Waals surface area contributed by atoms with Crippen LogP contribution in [0.5, 0.6) is 0 Å². The molecule has 1 atom stereocenters. The zero-order valence-corrected chi connectivity index (χ0v) is 9.49. The van der Waals surface area contributed by atoms with Crippen LogP contribution in [0.2, 0.25) is 0 Å². The fourth-order valence-electron chi connectivity index (χ4n) is 0.866. The minimum absolute atomic E-state index is 0.510. The van der Waals surface area contributed by atoms with E-state index in [1.807, 2.05) is 13.8 Å². The fraction of sp³-hybridized carbons (Fsp3) is 1.00. The van der Waals surface area contributed by atoms with Crippen molar-refractivity contribution in [3.05, 3.63) is 0 Å². The van der Waals surface area contributed by atoms with Gasteiger partial charge in [-0.05, 0) is 11.3 Å². The molecule has 0 nitrogen and oxygen atoms in total. The summed E-state index contributed by atoms with van der Waals surface area (Å²) in [5.41, 5.74) is 0.510. The molecule has 0 rings (SSSR count). The van der Waals surface area contributed by atoms with Gasteiger partial charge in [0.25, 0.3) is 0 Å². The Labute approximate surface area is 73.4 Å². The molecular weight excluding hydrogens is 132 g/mol. The standard InChI is InChI=1S/C9H20.C2H6/c1-6-7-8(2)9(3,4)5;1-2/h8H,6-7H2,1-5H3;1-2H3. The molecule has 0 aromatic rings. The van der Waals surface area contributed by atoms with Crippen molar-refractivity contribution < 1.29 is 0 Å². The number of rotatable bonds is 2. The summed E-state index contributed by atoms with van der Waals surface area (Å²) in [6.45, 7) is 15.5. The van der Waals surface area contributed by atoms with Crippen LogP contribution in [0.4, 0.5) is 0 Å². The van der Waals surface area contributed by atoms with Crippen molar-refractivity contribution in [3.8, 4) is 0 Å². The summed E-state index contributed by atoms with van der Waals surface area (Å²) < 4.78 is 0. The molecule has 0 aromatic heterocycles. The van der Waals surface area contributed by atoms with Gasteiger partial charge in [-0.25, -0.2) is 0 Å². The van der Waals surface area contributed by atoms with Gasteiger partial charge in [0.2, 0.25) is 0 Å². The van der Waals surface area contributed by atoms with E-state index in [9.17, 15) is 0 Å². The molecule has 70 valence electrons. The highest BCUT2D eigenvalue weighted by Crippen LogP contribution is 2.28. The molecule has 0 aliphatic rings. The van der Waals surface area contributed by atoms with E-state index in [0.717, 1.165) is 5.92 Å². The van der Waals surface area contributed by atoms with Crippen molar-refractivity contribution >= 4 is 0 Å². The zero-order valence-electron chi connectivity index (χ0n) is 9.49. The predicted molar refractivity (Wildman–Crippen MR) is 54.9 cm³/mol. The first-order valence-electron chi connectivity index (χ1n) is 4.98. The highest BCUT2D eigenvalue weighted by Gasteiger charge is 2.18. The second-order valence-electron chi connectivity index (χ2n) is 4.06. The number of hydrogen-bond acceptors (Lipinski definition) is 0. The minimum Gasteiger partial charge on any atom is -0.0683 e. The molecule has 0 aromatic carbocycles. The first-order valence-corrected chi connectivity index (χ1v) is 4.98. The summed E-state index contributed by atoms with van der Waals surface area (Å²) >= 11 is 0. The Bertz CT molecular complexity index is 66.6. The summed E-state index contributed by atoms with van der Waals surface area (Å²) in [6.07, 6.45) is 2.68. The third-order valence-electron chi connectivity index (χ3n) is 2.20. The summed E-state index contributed by atoms with van der Waals surface area (Å²) in [5, 5.41) is 0. The first-order chi connectivity index (χ1) is 4.98. The average Bonchev–Trinajstić information content (AvgIpc) is 1.91. The van der Waals surface area contributed by atoms with Crippen LogP contribution in [-0.4, -0.2) is 0 Å². The van der Waals surface area contributed by atoms with Gasteiger partial charge in [0.15, 0.2) is 0 Å². The molecule has 0 bridgehead atoms. The Morgan fingerprint density at radius 2 is 1.45 bits per heavy atom. The molecule has 0 aliphatic heterocycles. The molecule has 0 spiro atoms. The molecule has 11 heavy (non-hydrogen) atoms. The van der Waals surface area contributed by atoms with E-state index in [1.54, 1.807) is 0 Å². The van der Waals surface area contributed by atoms with Crippen LogP contribution in [0, 0.1) is 11.3 Å². The fourth-order valence-corrected chi connectivity index (χ4v) is 0.866. The smallest absolute Gasteiger partial charge is 0.0357 e. The van der Waals surface area contributed by atoms with Crippen LogP contribution in [0.25, 0.3) is 0 Å².